The van der Waals surface area contributed by atoms with E-state index in [2.05, 4.69) is 69.3 Å². The largest absolute Gasteiger partial charge is 0.488 e. The van der Waals surface area contributed by atoms with E-state index in [1.165, 1.54) is 18.5 Å². The van der Waals surface area contributed by atoms with E-state index in [9.17, 15) is 0 Å². The van der Waals surface area contributed by atoms with Crippen molar-refractivity contribution in [2.24, 2.45) is 11.8 Å². The van der Waals surface area contributed by atoms with Gasteiger partial charge in [-0.3, -0.25) is 0 Å². The molecule has 3 nitrogen and oxygen atoms in total. The highest BCUT2D eigenvalue weighted by Crippen LogP contribution is 2.32. The summed E-state index contributed by atoms with van der Waals surface area (Å²) in [7, 11) is 4.12. The lowest BCUT2D eigenvalue weighted by molar-refractivity contribution is 0.0484. The van der Waals surface area contributed by atoms with Crippen LogP contribution in [0.15, 0.2) is 24.3 Å². The normalized spacial score (nSPS) is 29.2. The number of likely N-dealkylation sites (N-methyl/N-ethyl adjacent to an activating group) is 1. The number of rotatable bonds is 5. The molecule has 1 saturated carbocycles. The van der Waals surface area contributed by atoms with Crippen LogP contribution in [-0.2, 0) is 0 Å². The zero-order chi connectivity index (χ0) is 15.4. The number of nitrogens with zero attached hydrogens (tertiary/aromatic N) is 1. The summed E-state index contributed by atoms with van der Waals surface area (Å²) in [5.41, 5.74) is 1.18. The molecule has 0 saturated heterocycles. The van der Waals surface area contributed by atoms with Gasteiger partial charge in [0, 0.05) is 31.9 Å². The van der Waals surface area contributed by atoms with Crippen molar-refractivity contribution in [3.63, 3.8) is 0 Å². The molecule has 1 aliphatic rings. The van der Waals surface area contributed by atoms with E-state index in [0.29, 0.717) is 12.0 Å². The molecule has 118 valence electrons. The summed E-state index contributed by atoms with van der Waals surface area (Å²) < 4.78 is 6.38. The van der Waals surface area contributed by atoms with Crippen molar-refractivity contribution in [3.8, 4) is 5.75 Å². The lowest BCUT2D eigenvalue weighted by atomic mass is 9.78. The van der Waals surface area contributed by atoms with Gasteiger partial charge in [0.25, 0.3) is 0 Å². The fraction of sp³-hybridized carbons (Fsp3) is 0.667. The van der Waals surface area contributed by atoms with Gasteiger partial charge in [0.05, 0.1) is 0 Å². The molecule has 1 aliphatic carbocycles. The molecule has 0 bridgehead atoms. The Morgan fingerprint density at radius 2 is 2.00 bits per heavy atom. The Kier molecular flexibility index (Phi) is 5.51. The van der Waals surface area contributed by atoms with Crippen LogP contribution in [0.25, 0.3) is 0 Å². The third kappa shape index (κ3) is 4.13. The Hall–Kier alpha value is -1.22. The average molecular weight is 290 g/mol. The summed E-state index contributed by atoms with van der Waals surface area (Å²) in [6, 6.07) is 8.84. The number of anilines is 1. The van der Waals surface area contributed by atoms with Crippen LogP contribution in [0.5, 0.6) is 5.75 Å². The first-order chi connectivity index (χ1) is 10.0. The molecular weight excluding hydrogens is 260 g/mol. The van der Waals surface area contributed by atoms with Crippen molar-refractivity contribution in [2.45, 2.75) is 45.8 Å². The number of benzene rings is 1. The van der Waals surface area contributed by atoms with Crippen molar-refractivity contribution in [1.82, 2.24) is 5.32 Å². The van der Waals surface area contributed by atoms with Crippen LogP contribution < -0.4 is 15.0 Å². The minimum Gasteiger partial charge on any atom is -0.488 e. The SMILES string of the molecule is CCNC1CC(C)CC(C)C1Oc1cccc(N(C)C)c1. The Morgan fingerprint density at radius 3 is 2.67 bits per heavy atom. The molecule has 0 aromatic heterocycles. The zero-order valence-electron chi connectivity index (χ0n) is 14.1. The minimum absolute atomic E-state index is 0.263. The molecule has 1 aromatic carbocycles. The summed E-state index contributed by atoms with van der Waals surface area (Å²) in [4.78, 5) is 2.11. The predicted molar refractivity (Wildman–Crippen MR) is 90.2 cm³/mol. The van der Waals surface area contributed by atoms with Crippen molar-refractivity contribution < 1.29 is 4.74 Å². The lowest BCUT2D eigenvalue weighted by Gasteiger charge is -2.40. The van der Waals surface area contributed by atoms with Crippen LogP contribution in [-0.4, -0.2) is 32.8 Å². The van der Waals surface area contributed by atoms with Gasteiger partial charge >= 0.3 is 0 Å². The second kappa shape index (κ2) is 7.17. The molecule has 3 heteroatoms. The molecule has 1 aromatic rings. The highest BCUT2D eigenvalue weighted by atomic mass is 16.5. The smallest absolute Gasteiger partial charge is 0.121 e. The molecule has 0 radical (unpaired) electrons. The Morgan fingerprint density at radius 1 is 1.24 bits per heavy atom. The van der Waals surface area contributed by atoms with Crippen molar-refractivity contribution in [3.05, 3.63) is 24.3 Å². The van der Waals surface area contributed by atoms with Gasteiger partial charge in [0.15, 0.2) is 0 Å². The van der Waals surface area contributed by atoms with Crippen molar-refractivity contribution in [1.29, 1.82) is 0 Å². The standard InChI is InChI=1S/C18H30N2O/c1-6-19-17-11-13(2)10-14(3)18(17)21-16-9-7-8-15(12-16)20(4)5/h7-9,12-14,17-19H,6,10-11H2,1-5H3. The molecular formula is C18H30N2O. The minimum atomic E-state index is 0.263. The number of nitrogens with one attached hydrogen (secondary N) is 1. The van der Waals surface area contributed by atoms with E-state index >= 15 is 0 Å². The second-order valence-electron chi connectivity index (χ2n) is 6.69. The number of hydrogen-bond acceptors (Lipinski definition) is 3. The van der Waals surface area contributed by atoms with Crippen molar-refractivity contribution >= 4 is 5.69 Å². The first-order valence-corrected chi connectivity index (χ1v) is 8.18. The van der Waals surface area contributed by atoms with Crippen LogP contribution in [0, 0.1) is 11.8 Å². The van der Waals surface area contributed by atoms with Gasteiger partial charge in [-0.25, -0.2) is 0 Å². The number of hydrogen-bond donors (Lipinski definition) is 1. The zero-order valence-corrected chi connectivity index (χ0v) is 14.1. The molecule has 4 atom stereocenters. The van der Waals surface area contributed by atoms with Crippen LogP contribution in [0.3, 0.4) is 0 Å². The molecule has 0 amide bonds. The van der Waals surface area contributed by atoms with E-state index in [4.69, 9.17) is 4.74 Å². The van der Waals surface area contributed by atoms with E-state index in [1.54, 1.807) is 0 Å². The topological polar surface area (TPSA) is 24.5 Å². The average Bonchev–Trinajstić information content (AvgIpc) is 2.43. The Labute approximate surface area is 129 Å². The Balaban J connectivity index is 2.13. The first-order valence-electron chi connectivity index (χ1n) is 8.18. The summed E-state index contributed by atoms with van der Waals surface area (Å²) >= 11 is 0. The first kappa shape index (κ1) is 16.2. The van der Waals surface area contributed by atoms with Gasteiger partial charge in [-0.2, -0.15) is 0 Å². The predicted octanol–water partition coefficient (Wildman–Crippen LogP) is 3.54. The second-order valence-corrected chi connectivity index (χ2v) is 6.69. The molecule has 4 unspecified atom stereocenters. The summed E-state index contributed by atoms with van der Waals surface area (Å²) in [6.07, 6.45) is 2.72. The molecule has 1 N–H and O–H groups in total. The van der Waals surface area contributed by atoms with E-state index in [-0.39, 0.29) is 6.10 Å². The summed E-state index contributed by atoms with van der Waals surface area (Å²) in [6.45, 7) is 7.85. The molecule has 21 heavy (non-hydrogen) atoms. The van der Waals surface area contributed by atoms with Crippen molar-refractivity contribution in [2.75, 3.05) is 25.5 Å². The van der Waals surface area contributed by atoms with Crippen LogP contribution in [0.4, 0.5) is 5.69 Å². The Bertz CT molecular complexity index is 447. The third-order valence-electron chi connectivity index (χ3n) is 4.46. The maximum absolute atomic E-state index is 6.38. The van der Waals surface area contributed by atoms with Gasteiger partial charge in [-0.15, -0.1) is 0 Å². The van der Waals surface area contributed by atoms with Gasteiger partial charge < -0.3 is 15.0 Å². The van der Waals surface area contributed by atoms with Crippen LogP contribution in [0.2, 0.25) is 0 Å². The molecule has 0 spiro atoms. The highest BCUT2D eigenvalue weighted by molar-refractivity contribution is 5.49. The fourth-order valence-electron chi connectivity index (χ4n) is 3.48. The van der Waals surface area contributed by atoms with Gasteiger partial charge in [0.1, 0.15) is 11.9 Å². The van der Waals surface area contributed by atoms with Gasteiger partial charge in [-0.05, 0) is 43.4 Å². The molecule has 1 fully saturated rings. The van der Waals surface area contributed by atoms with Gasteiger partial charge in [0.2, 0.25) is 0 Å². The van der Waals surface area contributed by atoms with Crippen LogP contribution >= 0.6 is 0 Å². The maximum Gasteiger partial charge on any atom is 0.121 e. The van der Waals surface area contributed by atoms with E-state index in [0.717, 1.165) is 18.2 Å². The summed E-state index contributed by atoms with van der Waals surface area (Å²) in [5.74, 6) is 2.34. The number of ether oxygens (including phenoxy) is 1. The van der Waals surface area contributed by atoms with Crippen LogP contribution in [0.1, 0.15) is 33.6 Å². The maximum atomic E-state index is 6.38. The highest BCUT2D eigenvalue weighted by Gasteiger charge is 2.35. The quantitative estimate of drug-likeness (QED) is 0.897. The van der Waals surface area contributed by atoms with E-state index < -0.39 is 0 Å². The molecule has 0 aliphatic heterocycles. The lowest BCUT2D eigenvalue weighted by Crippen LogP contribution is -2.50. The molecule has 2 rings (SSSR count). The van der Waals surface area contributed by atoms with E-state index in [1.807, 2.05) is 0 Å². The third-order valence-corrected chi connectivity index (χ3v) is 4.46. The van der Waals surface area contributed by atoms with Gasteiger partial charge in [-0.1, -0.05) is 26.8 Å². The fourth-order valence-corrected chi connectivity index (χ4v) is 3.48. The molecule has 0 heterocycles. The monoisotopic (exact) mass is 290 g/mol. The summed E-state index contributed by atoms with van der Waals surface area (Å²) in [5, 5.41) is 3.62.